The third kappa shape index (κ3) is 5.26. The lowest BCUT2D eigenvalue weighted by atomic mass is 9.83. The van der Waals surface area contributed by atoms with E-state index in [0.717, 1.165) is 5.56 Å². The molecule has 1 aromatic rings. The molecule has 0 aliphatic heterocycles. The summed E-state index contributed by atoms with van der Waals surface area (Å²) in [5.41, 5.74) is 6.91. The number of nitrogens with two attached hydrogens (primary N) is 1. The van der Waals surface area contributed by atoms with Crippen LogP contribution in [0, 0.1) is 5.41 Å². The van der Waals surface area contributed by atoms with E-state index in [1.807, 2.05) is 12.1 Å². The zero-order valence-corrected chi connectivity index (χ0v) is 12.1. The first kappa shape index (κ1) is 16.7. The Morgan fingerprint density at radius 1 is 1.24 bits per heavy atom. The maximum Gasteiger partial charge on any atom is 0.0805 e. The molecule has 98 valence electrons. The SMILES string of the molecule is CC(C)(C)[C@@H](N)C[C@H](O)c1ccc(Cl)cc1.Cl. The van der Waals surface area contributed by atoms with Crippen LogP contribution in [0.3, 0.4) is 0 Å². The molecular formula is C13H21Cl2NO. The average molecular weight is 278 g/mol. The molecule has 0 bridgehead atoms. The topological polar surface area (TPSA) is 46.2 Å². The summed E-state index contributed by atoms with van der Waals surface area (Å²) in [7, 11) is 0. The van der Waals surface area contributed by atoms with Crippen LogP contribution in [0.4, 0.5) is 0 Å². The first-order valence-corrected chi connectivity index (χ1v) is 5.87. The van der Waals surface area contributed by atoms with Crippen LogP contribution in [0.1, 0.15) is 38.9 Å². The minimum absolute atomic E-state index is 0. The molecule has 1 aromatic carbocycles. The van der Waals surface area contributed by atoms with Crippen molar-refractivity contribution in [3.05, 3.63) is 34.9 Å². The van der Waals surface area contributed by atoms with Crippen LogP contribution in [0.5, 0.6) is 0 Å². The molecule has 0 saturated heterocycles. The highest BCUT2D eigenvalue weighted by Gasteiger charge is 2.23. The fourth-order valence-electron chi connectivity index (χ4n) is 1.42. The molecule has 0 aliphatic rings. The number of rotatable bonds is 3. The second-order valence-electron chi connectivity index (χ2n) is 5.28. The van der Waals surface area contributed by atoms with Gasteiger partial charge in [0.25, 0.3) is 0 Å². The van der Waals surface area contributed by atoms with Crippen molar-refractivity contribution in [1.82, 2.24) is 0 Å². The lowest BCUT2D eigenvalue weighted by Gasteiger charge is -2.29. The number of aliphatic hydroxyl groups is 1. The van der Waals surface area contributed by atoms with Crippen LogP contribution >= 0.6 is 24.0 Å². The number of aliphatic hydroxyl groups excluding tert-OH is 1. The predicted molar refractivity (Wildman–Crippen MR) is 75.7 cm³/mol. The van der Waals surface area contributed by atoms with Gasteiger partial charge in [0.05, 0.1) is 6.10 Å². The Morgan fingerprint density at radius 2 is 1.71 bits per heavy atom. The van der Waals surface area contributed by atoms with Crippen molar-refractivity contribution in [2.45, 2.75) is 39.3 Å². The summed E-state index contributed by atoms with van der Waals surface area (Å²) in [4.78, 5) is 0. The van der Waals surface area contributed by atoms with E-state index in [9.17, 15) is 5.11 Å². The molecule has 4 heteroatoms. The zero-order chi connectivity index (χ0) is 12.3. The quantitative estimate of drug-likeness (QED) is 0.888. The third-order valence-corrected chi connectivity index (χ3v) is 3.10. The van der Waals surface area contributed by atoms with E-state index >= 15 is 0 Å². The number of hydrogen-bond donors (Lipinski definition) is 2. The van der Waals surface area contributed by atoms with Crippen molar-refractivity contribution in [3.8, 4) is 0 Å². The van der Waals surface area contributed by atoms with Gasteiger partial charge in [-0.05, 0) is 29.5 Å². The van der Waals surface area contributed by atoms with Gasteiger partial charge in [-0.1, -0.05) is 44.5 Å². The molecule has 1 rings (SSSR count). The molecule has 2 atom stereocenters. The summed E-state index contributed by atoms with van der Waals surface area (Å²) < 4.78 is 0. The third-order valence-electron chi connectivity index (χ3n) is 2.84. The van der Waals surface area contributed by atoms with E-state index in [0.29, 0.717) is 11.4 Å². The number of hydrogen-bond acceptors (Lipinski definition) is 2. The van der Waals surface area contributed by atoms with E-state index in [1.54, 1.807) is 12.1 Å². The van der Waals surface area contributed by atoms with Gasteiger partial charge < -0.3 is 10.8 Å². The number of benzene rings is 1. The predicted octanol–water partition coefficient (Wildman–Crippen LogP) is 3.56. The molecule has 17 heavy (non-hydrogen) atoms. The first-order chi connectivity index (χ1) is 7.30. The Kier molecular flexibility index (Phi) is 6.49. The normalized spacial score (nSPS) is 14.9. The second kappa shape index (κ2) is 6.60. The summed E-state index contributed by atoms with van der Waals surface area (Å²) in [6.07, 6.45) is 0.0389. The molecule has 0 aliphatic carbocycles. The van der Waals surface area contributed by atoms with Gasteiger partial charge in [0, 0.05) is 11.1 Å². The van der Waals surface area contributed by atoms with Crippen molar-refractivity contribution in [1.29, 1.82) is 0 Å². The molecule has 0 aromatic heterocycles. The molecule has 0 amide bonds. The van der Waals surface area contributed by atoms with Gasteiger partial charge >= 0.3 is 0 Å². The Labute approximate surface area is 115 Å². The summed E-state index contributed by atoms with van der Waals surface area (Å²) in [5, 5.41) is 10.7. The van der Waals surface area contributed by atoms with E-state index < -0.39 is 6.10 Å². The zero-order valence-electron chi connectivity index (χ0n) is 10.5. The minimum Gasteiger partial charge on any atom is -0.388 e. The molecular weight excluding hydrogens is 257 g/mol. The van der Waals surface area contributed by atoms with Gasteiger partial charge in [-0.3, -0.25) is 0 Å². The monoisotopic (exact) mass is 277 g/mol. The highest BCUT2D eigenvalue weighted by molar-refractivity contribution is 6.30. The van der Waals surface area contributed by atoms with Crippen LogP contribution in [0.15, 0.2) is 24.3 Å². The van der Waals surface area contributed by atoms with Gasteiger partial charge in [0.15, 0.2) is 0 Å². The standard InChI is InChI=1S/C13H20ClNO.ClH/c1-13(2,3)12(15)8-11(16)9-4-6-10(14)7-5-9;/h4-7,11-12,16H,8,15H2,1-3H3;1H/t11-,12-;/m0./s1. The molecule has 0 saturated carbocycles. The Balaban J connectivity index is 0.00000256. The van der Waals surface area contributed by atoms with E-state index in [2.05, 4.69) is 20.8 Å². The molecule has 2 nitrogen and oxygen atoms in total. The fraction of sp³-hybridized carbons (Fsp3) is 0.538. The van der Waals surface area contributed by atoms with Crippen LogP contribution in [-0.2, 0) is 0 Å². The maximum absolute atomic E-state index is 10.0. The first-order valence-electron chi connectivity index (χ1n) is 5.50. The van der Waals surface area contributed by atoms with Crippen molar-refractivity contribution in [2.75, 3.05) is 0 Å². The van der Waals surface area contributed by atoms with Crippen LogP contribution in [0.25, 0.3) is 0 Å². The molecule has 0 spiro atoms. The minimum atomic E-state index is -0.522. The van der Waals surface area contributed by atoms with Gasteiger partial charge in [-0.15, -0.1) is 12.4 Å². The van der Waals surface area contributed by atoms with Crippen molar-refractivity contribution >= 4 is 24.0 Å². The summed E-state index contributed by atoms with van der Waals surface area (Å²) in [6, 6.07) is 7.20. The summed E-state index contributed by atoms with van der Waals surface area (Å²) in [5.74, 6) is 0. The van der Waals surface area contributed by atoms with Gasteiger partial charge in [0.1, 0.15) is 0 Å². The highest BCUT2D eigenvalue weighted by Crippen LogP contribution is 2.27. The second-order valence-corrected chi connectivity index (χ2v) is 5.71. The van der Waals surface area contributed by atoms with Crippen LogP contribution in [0.2, 0.25) is 5.02 Å². The van der Waals surface area contributed by atoms with Crippen molar-refractivity contribution in [3.63, 3.8) is 0 Å². The molecule has 0 heterocycles. The Bertz CT molecular complexity index is 332. The maximum atomic E-state index is 10.0. The van der Waals surface area contributed by atoms with Crippen molar-refractivity contribution < 1.29 is 5.11 Å². The number of halogens is 2. The molecule has 3 N–H and O–H groups in total. The van der Waals surface area contributed by atoms with E-state index in [-0.39, 0.29) is 23.9 Å². The van der Waals surface area contributed by atoms with Gasteiger partial charge in [-0.25, -0.2) is 0 Å². The van der Waals surface area contributed by atoms with E-state index in [4.69, 9.17) is 17.3 Å². The largest absolute Gasteiger partial charge is 0.388 e. The van der Waals surface area contributed by atoms with Crippen LogP contribution < -0.4 is 5.73 Å². The average Bonchev–Trinajstić information content (AvgIpc) is 2.17. The Morgan fingerprint density at radius 3 is 2.12 bits per heavy atom. The van der Waals surface area contributed by atoms with Crippen molar-refractivity contribution in [2.24, 2.45) is 11.1 Å². The van der Waals surface area contributed by atoms with Crippen LogP contribution in [-0.4, -0.2) is 11.1 Å². The molecule has 0 radical (unpaired) electrons. The molecule has 0 fully saturated rings. The van der Waals surface area contributed by atoms with E-state index in [1.165, 1.54) is 0 Å². The van der Waals surface area contributed by atoms with Gasteiger partial charge in [-0.2, -0.15) is 0 Å². The fourth-order valence-corrected chi connectivity index (χ4v) is 1.54. The summed E-state index contributed by atoms with van der Waals surface area (Å²) in [6.45, 7) is 6.23. The lowest BCUT2D eigenvalue weighted by molar-refractivity contribution is 0.133. The Hall–Kier alpha value is -0.280. The smallest absolute Gasteiger partial charge is 0.0805 e. The van der Waals surface area contributed by atoms with Gasteiger partial charge in [0.2, 0.25) is 0 Å². The summed E-state index contributed by atoms with van der Waals surface area (Å²) >= 11 is 5.79. The lowest BCUT2D eigenvalue weighted by Crippen LogP contribution is -2.36. The highest BCUT2D eigenvalue weighted by atomic mass is 35.5. The molecule has 0 unspecified atom stereocenters.